The van der Waals surface area contributed by atoms with Crippen molar-refractivity contribution in [2.45, 2.75) is 58.2 Å². The quantitative estimate of drug-likeness (QED) is 0.653. The van der Waals surface area contributed by atoms with Crippen molar-refractivity contribution in [3.8, 4) is 0 Å². The molecule has 104 valence electrons. The Balaban J connectivity index is 3.88. The van der Waals surface area contributed by atoms with E-state index in [0.29, 0.717) is 25.9 Å². The first-order chi connectivity index (χ1) is 7.41. The van der Waals surface area contributed by atoms with E-state index in [1.54, 1.807) is 13.8 Å². The Morgan fingerprint density at radius 2 is 1.65 bits per heavy atom. The Labute approximate surface area is 104 Å². The lowest BCUT2D eigenvalue weighted by Crippen LogP contribution is -2.29. The molecule has 0 bridgehead atoms. The molecule has 2 N–H and O–H groups in total. The summed E-state index contributed by atoms with van der Waals surface area (Å²) in [5.41, 5.74) is -1.21. The number of hydrogen-bond acceptors (Lipinski definition) is 4. The summed E-state index contributed by atoms with van der Waals surface area (Å²) in [7, 11) is -3.89. The van der Waals surface area contributed by atoms with Crippen LogP contribution in [0.5, 0.6) is 0 Å². The average Bonchev–Trinajstić information content (AvgIpc) is 1.96. The smallest absolute Gasteiger partial charge is 0.264 e. The third-order valence-corrected chi connectivity index (χ3v) is 3.19. The van der Waals surface area contributed by atoms with Crippen LogP contribution in [0.4, 0.5) is 0 Å². The van der Waals surface area contributed by atoms with E-state index in [2.05, 4.69) is 0 Å². The lowest BCUT2D eigenvalue weighted by atomic mass is 10.0. The first-order valence-electron chi connectivity index (χ1n) is 5.73. The molecule has 0 atom stereocenters. The fourth-order valence-electron chi connectivity index (χ4n) is 1.33. The minimum Gasteiger partial charge on any atom is -0.390 e. The van der Waals surface area contributed by atoms with Crippen molar-refractivity contribution in [1.29, 1.82) is 0 Å². The van der Waals surface area contributed by atoms with Crippen LogP contribution in [0, 0.1) is 0 Å². The van der Waals surface area contributed by atoms with Crippen molar-refractivity contribution in [3.63, 3.8) is 0 Å². The molecule has 0 spiro atoms. The summed E-state index contributed by atoms with van der Waals surface area (Å²) in [6.45, 7) is 7.56. The third-order valence-electron chi connectivity index (χ3n) is 2.39. The summed E-state index contributed by atoms with van der Waals surface area (Å²) in [5, 5.41) is 9.50. The molecule has 0 aliphatic rings. The van der Waals surface area contributed by atoms with Gasteiger partial charge in [-0.2, -0.15) is 8.42 Å². The molecule has 0 aromatic rings. The summed E-state index contributed by atoms with van der Waals surface area (Å²) in [6, 6.07) is 0. The Kier molecular flexibility index (Phi) is 6.07. The maximum Gasteiger partial charge on any atom is 0.264 e. The largest absolute Gasteiger partial charge is 0.390 e. The minimum absolute atomic E-state index is 0.245. The molecule has 0 unspecified atom stereocenters. The fourth-order valence-corrected chi connectivity index (χ4v) is 1.84. The van der Waals surface area contributed by atoms with Gasteiger partial charge in [0.1, 0.15) is 0 Å². The van der Waals surface area contributed by atoms with Gasteiger partial charge in [0.15, 0.2) is 0 Å². The Morgan fingerprint density at radius 1 is 1.12 bits per heavy atom. The SMILES string of the molecule is CC(C)(O)CCOC(C)(C)CCCS(=O)(=O)O. The second-order valence-electron chi connectivity index (χ2n) is 5.56. The van der Waals surface area contributed by atoms with Crippen LogP contribution >= 0.6 is 0 Å². The van der Waals surface area contributed by atoms with E-state index < -0.39 is 21.3 Å². The van der Waals surface area contributed by atoms with Crippen LogP contribution in [-0.4, -0.2) is 41.6 Å². The first kappa shape index (κ1) is 16.8. The lowest BCUT2D eigenvalue weighted by Gasteiger charge is -2.27. The van der Waals surface area contributed by atoms with E-state index in [4.69, 9.17) is 9.29 Å². The summed E-state index contributed by atoms with van der Waals surface area (Å²) in [5.74, 6) is -0.245. The van der Waals surface area contributed by atoms with Crippen LogP contribution in [0.2, 0.25) is 0 Å². The van der Waals surface area contributed by atoms with Crippen LogP contribution in [0.15, 0.2) is 0 Å². The molecule has 0 rings (SSSR count). The Morgan fingerprint density at radius 3 is 2.06 bits per heavy atom. The molecule has 6 heteroatoms. The average molecular weight is 268 g/mol. The molecule has 0 aliphatic carbocycles. The summed E-state index contributed by atoms with van der Waals surface area (Å²) >= 11 is 0. The highest BCUT2D eigenvalue weighted by Crippen LogP contribution is 2.19. The molecule has 0 saturated heterocycles. The number of ether oxygens (including phenoxy) is 1. The van der Waals surface area contributed by atoms with Crippen LogP contribution in [0.3, 0.4) is 0 Å². The van der Waals surface area contributed by atoms with Crippen LogP contribution in [0.1, 0.15) is 47.0 Å². The molecule has 5 nitrogen and oxygen atoms in total. The van der Waals surface area contributed by atoms with Crippen molar-refractivity contribution >= 4 is 10.1 Å². The van der Waals surface area contributed by atoms with Gasteiger partial charge in [-0.3, -0.25) is 4.55 Å². The minimum atomic E-state index is -3.89. The molecular formula is C11H24O5S. The number of rotatable bonds is 8. The molecule has 17 heavy (non-hydrogen) atoms. The normalized spacial score (nSPS) is 14.0. The van der Waals surface area contributed by atoms with Gasteiger partial charge in [-0.05, 0) is 47.0 Å². The van der Waals surface area contributed by atoms with E-state index in [0.717, 1.165) is 0 Å². The standard InChI is InChI=1S/C11H24O5S/c1-10(2,12)7-8-16-11(3,4)6-5-9-17(13,14)15/h12H,5-9H2,1-4H3,(H,13,14,15). The fraction of sp³-hybridized carbons (Fsp3) is 1.00. The van der Waals surface area contributed by atoms with Gasteiger partial charge in [0.25, 0.3) is 10.1 Å². The van der Waals surface area contributed by atoms with Crippen LogP contribution < -0.4 is 0 Å². The molecule has 0 aliphatic heterocycles. The van der Waals surface area contributed by atoms with Gasteiger partial charge in [-0.1, -0.05) is 0 Å². The highest BCUT2D eigenvalue weighted by Gasteiger charge is 2.21. The second kappa shape index (κ2) is 6.13. The predicted octanol–water partition coefficient (Wildman–Crippen LogP) is 1.61. The monoisotopic (exact) mass is 268 g/mol. The zero-order valence-corrected chi connectivity index (χ0v) is 11.9. The van der Waals surface area contributed by atoms with E-state index in [-0.39, 0.29) is 5.75 Å². The second-order valence-corrected chi connectivity index (χ2v) is 7.13. The maximum absolute atomic E-state index is 10.5. The molecule has 0 fully saturated rings. The molecule has 0 radical (unpaired) electrons. The van der Waals surface area contributed by atoms with E-state index in [1.807, 2.05) is 13.8 Å². The molecular weight excluding hydrogens is 244 g/mol. The van der Waals surface area contributed by atoms with Crippen LogP contribution in [0.25, 0.3) is 0 Å². The van der Waals surface area contributed by atoms with Crippen molar-refractivity contribution in [1.82, 2.24) is 0 Å². The highest BCUT2D eigenvalue weighted by atomic mass is 32.2. The van der Waals surface area contributed by atoms with Gasteiger partial charge < -0.3 is 9.84 Å². The lowest BCUT2D eigenvalue weighted by molar-refractivity contribution is -0.0500. The van der Waals surface area contributed by atoms with Crippen molar-refractivity contribution < 1.29 is 22.8 Å². The number of aliphatic hydroxyl groups is 1. The zero-order chi connectivity index (χ0) is 13.7. The van der Waals surface area contributed by atoms with Gasteiger partial charge in [-0.15, -0.1) is 0 Å². The number of hydrogen-bond donors (Lipinski definition) is 2. The zero-order valence-electron chi connectivity index (χ0n) is 11.1. The van der Waals surface area contributed by atoms with E-state index in [1.165, 1.54) is 0 Å². The first-order valence-corrected chi connectivity index (χ1v) is 7.34. The Hall–Kier alpha value is -0.170. The topological polar surface area (TPSA) is 83.8 Å². The van der Waals surface area contributed by atoms with Crippen LogP contribution in [-0.2, 0) is 14.9 Å². The summed E-state index contributed by atoms with van der Waals surface area (Å²) < 4.78 is 35.3. The summed E-state index contributed by atoms with van der Waals surface area (Å²) in [6.07, 6.45) is 1.42. The molecule has 0 saturated carbocycles. The third kappa shape index (κ3) is 12.1. The maximum atomic E-state index is 10.5. The van der Waals surface area contributed by atoms with Gasteiger partial charge in [0.2, 0.25) is 0 Å². The van der Waals surface area contributed by atoms with Gasteiger partial charge in [-0.25, -0.2) is 0 Å². The van der Waals surface area contributed by atoms with E-state index >= 15 is 0 Å². The highest BCUT2D eigenvalue weighted by molar-refractivity contribution is 7.85. The Bertz CT molecular complexity index is 313. The summed E-state index contributed by atoms with van der Waals surface area (Å²) in [4.78, 5) is 0. The molecule has 0 amide bonds. The van der Waals surface area contributed by atoms with Gasteiger partial charge in [0.05, 0.1) is 23.6 Å². The van der Waals surface area contributed by atoms with Crippen molar-refractivity contribution in [2.75, 3.05) is 12.4 Å². The van der Waals surface area contributed by atoms with Gasteiger partial charge in [0, 0.05) is 0 Å². The molecule has 0 heterocycles. The van der Waals surface area contributed by atoms with Gasteiger partial charge >= 0.3 is 0 Å². The predicted molar refractivity (Wildman–Crippen MR) is 66.6 cm³/mol. The molecule has 0 aromatic heterocycles. The van der Waals surface area contributed by atoms with Crippen molar-refractivity contribution in [2.24, 2.45) is 0 Å². The van der Waals surface area contributed by atoms with E-state index in [9.17, 15) is 13.5 Å². The molecule has 0 aromatic carbocycles. The van der Waals surface area contributed by atoms with Crippen molar-refractivity contribution in [3.05, 3.63) is 0 Å².